The molecule has 0 aromatic rings. The monoisotopic (exact) mass is 206 g/mol. The second-order valence-electron chi connectivity index (χ2n) is 3.18. The summed E-state index contributed by atoms with van der Waals surface area (Å²) in [5.41, 5.74) is 5.37. The van der Waals surface area contributed by atoms with Gasteiger partial charge in [-0.25, -0.2) is 0 Å². The molecule has 0 aliphatic rings. The maximum absolute atomic E-state index is 5.37. The van der Waals surface area contributed by atoms with Crippen molar-refractivity contribution in [2.75, 3.05) is 33.9 Å². The fraction of sp³-hybridized carbons (Fsp3) is 1.00. The van der Waals surface area contributed by atoms with Crippen molar-refractivity contribution in [3.8, 4) is 0 Å². The molecule has 0 spiro atoms. The van der Waals surface area contributed by atoms with E-state index in [4.69, 9.17) is 14.6 Å². The summed E-state index contributed by atoms with van der Waals surface area (Å²) in [6, 6.07) is 0.977. The van der Waals surface area contributed by atoms with Gasteiger partial charge in [0, 0.05) is 20.3 Å². The van der Waals surface area contributed by atoms with Gasteiger partial charge in [0.25, 0.3) is 0 Å². The summed E-state index contributed by atoms with van der Waals surface area (Å²) in [4.78, 5) is 0. The molecule has 0 heterocycles. The molecule has 0 saturated carbocycles. The highest BCUT2D eigenvalue weighted by Gasteiger charge is 2.27. The zero-order chi connectivity index (χ0) is 10.2. The first-order chi connectivity index (χ1) is 6.18. The molecule has 0 aromatic carbocycles. The summed E-state index contributed by atoms with van der Waals surface area (Å²) in [6.07, 6.45) is 1.03. The van der Waals surface area contributed by atoms with Gasteiger partial charge in [-0.1, -0.05) is 0 Å². The van der Waals surface area contributed by atoms with Gasteiger partial charge in [0.05, 0.1) is 0 Å². The van der Waals surface area contributed by atoms with Gasteiger partial charge in [0.1, 0.15) is 0 Å². The molecule has 13 heavy (non-hydrogen) atoms. The molecule has 4 nitrogen and oxygen atoms in total. The van der Waals surface area contributed by atoms with Crippen LogP contribution < -0.4 is 11.1 Å². The predicted octanol–water partition coefficient (Wildman–Crippen LogP) is 0.290. The minimum atomic E-state index is -1.85. The molecule has 80 valence electrons. The number of hydrogen-bond donors (Lipinski definition) is 2. The highest BCUT2D eigenvalue weighted by Crippen LogP contribution is 2.09. The fourth-order valence-corrected chi connectivity index (χ4v) is 2.16. The van der Waals surface area contributed by atoms with Crippen molar-refractivity contribution in [3.05, 3.63) is 0 Å². The zero-order valence-corrected chi connectivity index (χ0v) is 9.93. The van der Waals surface area contributed by atoms with Gasteiger partial charge >= 0.3 is 8.56 Å². The number of nitrogens with two attached hydrogens (primary N) is 1. The second-order valence-corrected chi connectivity index (χ2v) is 6.77. The Bertz CT molecular complexity index is 121. The maximum Gasteiger partial charge on any atom is 0.335 e. The molecule has 0 fully saturated rings. The molecule has 0 aliphatic heterocycles. The molecular weight excluding hydrogens is 184 g/mol. The Labute approximate surface area is 82.0 Å². The van der Waals surface area contributed by atoms with Crippen LogP contribution in [0.2, 0.25) is 12.6 Å². The molecule has 5 heteroatoms. The van der Waals surface area contributed by atoms with Gasteiger partial charge in [-0.15, -0.1) is 0 Å². The van der Waals surface area contributed by atoms with Crippen molar-refractivity contribution >= 4 is 8.56 Å². The van der Waals surface area contributed by atoms with Crippen LogP contribution in [0.5, 0.6) is 0 Å². The maximum atomic E-state index is 5.37. The number of nitrogens with one attached hydrogen (secondary N) is 1. The molecule has 3 N–H and O–H groups in total. The van der Waals surface area contributed by atoms with Crippen molar-refractivity contribution in [1.29, 1.82) is 0 Å². The fourth-order valence-electron chi connectivity index (χ4n) is 0.955. The van der Waals surface area contributed by atoms with E-state index in [0.717, 1.165) is 32.1 Å². The van der Waals surface area contributed by atoms with Crippen LogP contribution in [0.1, 0.15) is 6.42 Å². The third-order valence-electron chi connectivity index (χ3n) is 2.18. The minimum absolute atomic E-state index is 0.746. The van der Waals surface area contributed by atoms with E-state index < -0.39 is 8.56 Å². The summed E-state index contributed by atoms with van der Waals surface area (Å²) in [6.45, 7) is 4.74. The summed E-state index contributed by atoms with van der Waals surface area (Å²) in [5, 5.41) is 3.31. The smallest absolute Gasteiger partial charge is 0.335 e. The van der Waals surface area contributed by atoms with Crippen molar-refractivity contribution in [1.82, 2.24) is 5.32 Å². The van der Waals surface area contributed by atoms with Crippen LogP contribution >= 0.6 is 0 Å². The Morgan fingerprint density at radius 3 is 2.31 bits per heavy atom. The number of rotatable bonds is 8. The molecule has 0 bridgehead atoms. The molecule has 0 aliphatic carbocycles. The van der Waals surface area contributed by atoms with E-state index in [9.17, 15) is 0 Å². The predicted molar refractivity (Wildman–Crippen MR) is 57.0 cm³/mol. The topological polar surface area (TPSA) is 56.5 Å². The highest BCUT2D eigenvalue weighted by molar-refractivity contribution is 6.66. The van der Waals surface area contributed by atoms with E-state index in [1.54, 1.807) is 14.2 Å². The zero-order valence-electron chi connectivity index (χ0n) is 8.93. The summed E-state index contributed by atoms with van der Waals surface area (Å²) in [5.74, 6) is 0. The molecule has 0 unspecified atom stereocenters. The first-order valence-electron chi connectivity index (χ1n) is 4.69. The van der Waals surface area contributed by atoms with Crippen LogP contribution in [-0.4, -0.2) is 42.4 Å². The normalized spacial score (nSPS) is 12.0. The van der Waals surface area contributed by atoms with E-state index >= 15 is 0 Å². The lowest BCUT2D eigenvalue weighted by Crippen LogP contribution is -2.39. The molecule has 0 atom stereocenters. The van der Waals surface area contributed by atoms with E-state index in [2.05, 4.69) is 11.9 Å². The van der Waals surface area contributed by atoms with Gasteiger partial charge in [-0.2, -0.15) is 0 Å². The van der Waals surface area contributed by atoms with Crippen LogP contribution in [0.3, 0.4) is 0 Å². The molecule has 0 aromatic heterocycles. The van der Waals surface area contributed by atoms with Crippen LogP contribution in [0.25, 0.3) is 0 Å². The Kier molecular flexibility index (Phi) is 7.49. The average molecular weight is 206 g/mol. The molecule has 0 radical (unpaired) electrons. The van der Waals surface area contributed by atoms with E-state index in [1.807, 2.05) is 0 Å². The van der Waals surface area contributed by atoms with Crippen molar-refractivity contribution in [2.24, 2.45) is 5.73 Å². The first-order valence-corrected chi connectivity index (χ1v) is 7.22. The lowest BCUT2D eigenvalue weighted by molar-refractivity contribution is 0.249. The van der Waals surface area contributed by atoms with Gasteiger partial charge in [0.15, 0.2) is 0 Å². The van der Waals surface area contributed by atoms with Crippen molar-refractivity contribution < 1.29 is 8.85 Å². The first kappa shape index (κ1) is 13.1. The molecule has 0 amide bonds. The van der Waals surface area contributed by atoms with Crippen LogP contribution in [0, 0.1) is 0 Å². The van der Waals surface area contributed by atoms with Crippen LogP contribution in [-0.2, 0) is 8.85 Å². The van der Waals surface area contributed by atoms with Crippen molar-refractivity contribution in [2.45, 2.75) is 19.0 Å². The minimum Gasteiger partial charge on any atom is -0.398 e. The van der Waals surface area contributed by atoms with Gasteiger partial charge in [-0.3, -0.25) is 0 Å². The SMILES string of the molecule is CO[Si](C)(CCNCCCN)OC. The highest BCUT2D eigenvalue weighted by atomic mass is 28.4. The standard InChI is InChI=1S/C8H22N2O2Si/c1-11-13(3,12-2)8-7-10-6-4-5-9/h10H,4-9H2,1-3H3. The molecular formula is C8H22N2O2Si. The van der Waals surface area contributed by atoms with Gasteiger partial charge in [-0.05, 0) is 32.6 Å². The largest absolute Gasteiger partial charge is 0.398 e. The Hall–Kier alpha value is 0.0569. The van der Waals surface area contributed by atoms with E-state index in [0.29, 0.717) is 0 Å². The van der Waals surface area contributed by atoms with Gasteiger partial charge < -0.3 is 19.9 Å². The lowest BCUT2D eigenvalue weighted by atomic mass is 10.4. The summed E-state index contributed by atoms with van der Waals surface area (Å²) >= 11 is 0. The molecule has 0 saturated heterocycles. The van der Waals surface area contributed by atoms with E-state index in [-0.39, 0.29) is 0 Å². The average Bonchev–Trinajstić information content (AvgIpc) is 2.17. The quantitative estimate of drug-likeness (QED) is 0.443. The third kappa shape index (κ3) is 6.17. The summed E-state index contributed by atoms with van der Waals surface area (Å²) < 4.78 is 10.7. The Balaban J connectivity index is 3.39. The Morgan fingerprint density at radius 2 is 1.85 bits per heavy atom. The van der Waals surface area contributed by atoms with Crippen molar-refractivity contribution in [3.63, 3.8) is 0 Å². The van der Waals surface area contributed by atoms with E-state index in [1.165, 1.54) is 0 Å². The third-order valence-corrected chi connectivity index (χ3v) is 5.06. The molecule has 0 rings (SSSR count). The summed E-state index contributed by atoms with van der Waals surface area (Å²) in [7, 11) is 1.58. The lowest BCUT2D eigenvalue weighted by Gasteiger charge is -2.22. The Morgan fingerprint density at radius 1 is 1.23 bits per heavy atom. The number of hydrogen-bond acceptors (Lipinski definition) is 4. The van der Waals surface area contributed by atoms with Crippen LogP contribution in [0.4, 0.5) is 0 Å². The second kappa shape index (κ2) is 7.46. The van der Waals surface area contributed by atoms with Gasteiger partial charge in [0.2, 0.25) is 0 Å². The van der Waals surface area contributed by atoms with Crippen LogP contribution in [0.15, 0.2) is 0 Å².